The minimum Gasteiger partial charge on any atom is -0.481 e. The Kier molecular flexibility index (Phi) is 3.56. The molecule has 2 N–H and O–H groups in total. The van der Waals surface area contributed by atoms with Gasteiger partial charge in [-0.1, -0.05) is 6.07 Å². The molecule has 0 aliphatic rings. The van der Waals surface area contributed by atoms with Crippen LogP contribution in [0.5, 0.6) is 0 Å². The van der Waals surface area contributed by atoms with Crippen LogP contribution in [0, 0.1) is 0 Å². The van der Waals surface area contributed by atoms with Crippen LogP contribution < -0.4 is 0 Å². The largest absolute Gasteiger partial charge is 0.481 e. The Hall–Kier alpha value is -2.17. The number of hydrogen-bond acceptors (Lipinski definition) is 3. The summed E-state index contributed by atoms with van der Waals surface area (Å²) in [4.78, 5) is 24.9. The first-order valence-electron chi connectivity index (χ1n) is 4.16. The highest BCUT2D eigenvalue weighted by atomic mass is 16.4. The van der Waals surface area contributed by atoms with E-state index in [1.807, 2.05) is 0 Å². The van der Waals surface area contributed by atoms with E-state index in [2.05, 4.69) is 4.98 Å². The summed E-state index contributed by atoms with van der Waals surface area (Å²) in [5.74, 6) is -2.43. The number of carbonyl (C=O) groups is 2. The highest BCUT2D eigenvalue weighted by Crippen LogP contribution is 2.07. The van der Waals surface area contributed by atoms with E-state index in [1.54, 1.807) is 18.2 Å². The van der Waals surface area contributed by atoms with Crippen molar-refractivity contribution in [2.45, 2.75) is 6.42 Å². The Morgan fingerprint density at radius 3 is 2.53 bits per heavy atom. The predicted octanol–water partition coefficient (Wildman–Crippen LogP) is 1.02. The Morgan fingerprint density at radius 1 is 1.33 bits per heavy atom. The first-order valence-corrected chi connectivity index (χ1v) is 4.16. The van der Waals surface area contributed by atoms with Gasteiger partial charge >= 0.3 is 11.9 Å². The third-order valence-electron chi connectivity index (χ3n) is 1.63. The van der Waals surface area contributed by atoms with Crippen LogP contribution in [-0.2, 0) is 9.59 Å². The number of nitrogens with zero attached hydrogens (tertiary/aromatic N) is 1. The number of carboxylic acid groups (broad SMARTS) is 2. The Labute approximate surface area is 85.7 Å². The molecule has 0 aliphatic carbocycles. The number of aliphatic carboxylic acids is 2. The van der Waals surface area contributed by atoms with Crippen molar-refractivity contribution in [3.8, 4) is 0 Å². The lowest BCUT2D eigenvalue weighted by atomic mass is 10.1. The molecule has 0 radical (unpaired) electrons. The van der Waals surface area contributed by atoms with Crippen LogP contribution >= 0.6 is 0 Å². The van der Waals surface area contributed by atoms with Crippen LogP contribution in [0.15, 0.2) is 30.0 Å². The van der Waals surface area contributed by atoms with Gasteiger partial charge in [0.15, 0.2) is 0 Å². The van der Waals surface area contributed by atoms with Gasteiger partial charge in [-0.05, 0) is 18.2 Å². The van der Waals surface area contributed by atoms with E-state index in [1.165, 1.54) is 12.3 Å². The maximum Gasteiger partial charge on any atom is 0.332 e. The molecule has 1 aromatic rings. The van der Waals surface area contributed by atoms with Gasteiger partial charge in [0, 0.05) is 6.20 Å². The highest BCUT2D eigenvalue weighted by Gasteiger charge is 2.11. The fourth-order valence-corrected chi connectivity index (χ4v) is 0.991. The van der Waals surface area contributed by atoms with Gasteiger partial charge in [-0.15, -0.1) is 0 Å². The maximum atomic E-state index is 10.7. The molecule has 0 fully saturated rings. The first-order chi connectivity index (χ1) is 7.09. The summed E-state index contributed by atoms with van der Waals surface area (Å²) >= 11 is 0. The van der Waals surface area contributed by atoms with E-state index < -0.39 is 18.4 Å². The predicted molar refractivity (Wildman–Crippen MR) is 52.1 cm³/mol. The second-order valence-corrected chi connectivity index (χ2v) is 2.80. The number of rotatable bonds is 4. The third kappa shape index (κ3) is 3.60. The molecule has 5 heteroatoms. The van der Waals surface area contributed by atoms with Crippen molar-refractivity contribution in [2.24, 2.45) is 0 Å². The van der Waals surface area contributed by atoms with E-state index in [9.17, 15) is 9.59 Å². The van der Waals surface area contributed by atoms with Gasteiger partial charge in [-0.2, -0.15) is 0 Å². The average molecular weight is 207 g/mol. The van der Waals surface area contributed by atoms with Gasteiger partial charge in [0.1, 0.15) is 0 Å². The molecule has 0 saturated heterocycles. The zero-order chi connectivity index (χ0) is 11.3. The molecule has 0 saturated carbocycles. The van der Waals surface area contributed by atoms with Crippen molar-refractivity contribution in [3.63, 3.8) is 0 Å². The van der Waals surface area contributed by atoms with Crippen LogP contribution in [0.3, 0.4) is 0 Å². The van der Waals surface area contributed by atoms with Gasteiger partial charge in [-0.25, -0.2) is 4.79 Å². The summed E-state index contributed by atoms with van der Waals surface area (Å²) in [6.45, 7) is 0. The lowest BCUT2D eigenvalue weighted by Crippen LogP contribution is -2.06. The van der Waals surface area contributed by atoms with Crippen molar-refractivity contribution in [1.82, 2.24) is 4.98 Å². The maximum absolute atomic E-state index is 10.7. The molecule has 5 nitrogen and oxygen atoms in total. The molecule has 0 unspecified atom stereocenters. The molecule has 0 aliphatic heterocycles. The first kappa shape index (κ1) is 10.9. The number of aromatic nitrogens is 1. The summed E-state index contributed by atoms with van der Waals surface area (Å²) in [5.41, 5.74) is 0.234. The number of pyridine rings is 1. The quantitative estimate of drug-likeness (QED) is 0.720. The third-order valence-corrected chi connectivity index (χ3v) is 1.63. The zero-order valence-electron chi connectivity index (χ0n) is 7.75. The lowest BCUT2D eigenvalue weighted by Gasteiger charge is -1.98. The Morgan fingerprint density at radius 2 is 2.07 bits per heavy atom. The SMILES string of the molecule is O=C(O)CC(=Cc1ccccn1)C(=O)O. The molecule has 1 aromatic heterocycles. The highest BCUT2D eigenvalue weighted by molar-refractivity contribution is 5.96. The van der Waals surface area contributed by atoms with E-state index in [0.29, 0.717) is 5.69 Å². The van der Waals surface area contributed by atoms with E-state index in [-0.39, 0.29) is 5.57 Å². The normalized spacial score (nSPS) is 11.1. The van der Waals surface area contributed by atoms with E-state index in [4.69, 9.17) is 10.2 Å². The summed E-state index contributed by atoms with van der Waals surface area (Å²) in [7, 11) is 0. The van der Waals surface area contributed by atoms with E-state index >= 15 is 0 Å². The van der Waals surface area contributed by atoms with Crippen LogP contribution in [0.2, 0.25) is 0 Å². The molecular formula is C10H9NO4. The van der Waals surface area contributed by atoms with Gasteiger partial charge in [-0.3, -0.25) is 9.78 Å². The van der Waals surface area contributed by atoms with E-state index in [0.717, 1.165) is 0 Å². The molecule has 0 spiro atoms. The van der Waals surface area contributed by atoms with Crippen molar-refractivity contribution < 1.29 is 19.8 Å². The van der Waals surface area contributed by atoms with Crippen LogP contribution in [-0.4, -0.2) is 27.1 Å². The summed E-state index contributed by atoms with van der Waals surface area (Å²) in [6.07, 6.45) is 2.23. The minimum atomic E-state index is -1.25. The van der Waals surface area contributed by atoms with Crippen molar-refractivity contribution in [2.75, 3.05) is 0 Å². The van der Waals surface area contributed by atoms with Crippen LogP contribution in [0.4, 0.5) is 0 Å². The molecular weight excluding hydrogens is 198 g/mol. The topological polar surface area (TPSA) is 87.5 Å². The molecule has 15 heavy (non-hydrogen) atoms. The van der Waals surface area contributed by atoms with Crippen LogP contribution in [0.1, 0.15) is 12.1 Å². The summed E-state index contributed by atoms with van der Waals surface area (Å²) in [6, 6.07) is 4.98. The smallest absolute Gasteiger partial charge is 0.332 e. The summed E-state index contributed by atoms with van der Waals surface area (Å²) < 4.78 is 0. The van der Waals surface area contributed by atoms with Crippen molar-refractivity contribution in [3.05, 3.63) is 35.7 Å². The van der Waals surface area contributed by atoms with Gasteiger partial charge in [0.2, 0.25) is 0 Å². The number of hydrogen-bond donors (Lipinski definition) is 2. The zero-order valence-corrected chi connectivity index (χ0v) is 7.75. The Balaban J connectivity index is 2.94. The lowest BCUT2D eigenvalue weighted by molar-refractivity contribution is -0.139. The van der Waals surface area contributed by atoms with Crippen LogP contribution in [0.25, 0.3) is 6.08 Å². The molecule has 78 valence electrons. The standard InChI is InChI=1S/C10H9NO4/c12-9(13)6-7(10(14)15)5-8-3-1-2-4-11-8/h1-5H,6H2,(H,12,13)(H,14,15). The monoisotopic (exact) mass is 207 g/mol. The van der Waals surface area contributed by atoms with Crippen molar-refractivity contribution >= 4 is 18.0 Å². The molecule has 0 aromatic carbocycles. The van der Waals surface area contributed by atoms with Crippen molar-refractivity contribution in [1.29, 1.82) is 0 Å². The fourth-order valence-electron chi connectivity index (χ4n) is 0.991. The van der Waals surface area contributed by atoms with Gasteiger partial charge in [0.05, 0.1) is 17.7 Å². The molecule has 0 atom stereocenters. The fraction of sp³-hybridized carbons (Fsp3) is 0.100. The average Bonchev–Trinajstić information content (AvgIpc) is 2.17. The van der Waals surface area contributed by atoms with Gasteiger partial charge in [0.25, 0.3) is 0 Å². The van der Waals surface area contributed by atoms with Gasteiger partial charge < -0.3 is 10.2 Å². The second kappa shape index (κ2) is 4.90. The molecule has 1 rings (SSSR count). The number of carboxylic acids is 2. The molecule has 0 bridgehead atoms. The molecule has 0 amide bonds. The Bertz CT molecular complexity index is 397. The summed E-state index contributed by atoms with van der Waals surface area (Å²) in [5, 5.41) is 17.2. The molecule has 1 heterocycles. The minimum absolute atomic E-state index is 0.193. The second-order valence-electron chi connectivity index (χ2n) is 2.80.